The van der Waals surface area contributed by atoms with E-state index in [1.807, 2.05) is 0 Å². The first-order chi connectivity index (χ1) is 8.48. The standard InChI is InChI=1S/C13H24O4Si/c1-4-18(5-2,6-3)8-7-13(16)11(15)10-17-12(13)9-14/h11-12,14-16H,4-6,9-10H2,1-3H3/t11-,12+,13-/m0/s1. The molecule has 1 heterocycles. The van der Waals surface area contributed by atoms with Crippen molar-refractivity contribution in [1.29, 1.82) is 0 Å². The molecule has 0 unspecified atom stereocenters. The SMILES string of the molecule is CC[Si](C#C[C@]1(O)[C@@H](O)CO[C@@H]1CO)(CC)CC. The van der Waals surface area contributed by atoms with E-state index in [1.165, 1.54) is 0 Å². The molecule has 0 aromatic heterocycles. The highest BCUT2D eigenvalue weighted by atomic mass is 28.3. The molecule has 1 aliphatic heterocycles. The van der Waals surface area contributed by atoms with Gasteiger partial charge < -0.3 is 20.1 Å². The maximum Gasteiger partial charge on any atom is 0.181 e. The molecule has 0 aliphatic carbocycles. The number of hydrogen-bond donors (Lipinski definition) is 3. The zero-order chi connectivity index (χ0) is 13.8. The molecule has 0 amide bonds. The largest absolute Gasteiger partial charge is 0.394 e. The summed E-state index contributed by atoms with van der Waals surface area (Å²) < 4.78 is 5.16. The summed E-state index contributed by atoms with van der Waals surface area (Å²) in [6.07, 6.45) is -1.85. The van der Waals surface area contributed by atoms with Crippen LogP contribution in [0.1, 0.15) is 20.8 Å². The van der Waals surface area contributed by atoms with Crippen LogP contribution in [0.3, 0.4) is 0 Å². The van der Waals surface area contributed by atoms with Gasteiger partial charge in [-0.05, 0) is 18.1 Å². The minimum absolute atomic E-state index is 0.0232. The topological polar surface area (TPSA) is 69.9 Å². The third kappa shape index (κ3) is 2.78. The van der Waals surface area contributed by atoms with E-state index in [0.29, 0.717) is 0 Å². The van der Waals surface area contributed by atoms with Crippen LogP contribution in [-0.2, 0) is 4.74 Å². The van der Waals surface area contributed by atoms with Crippen molar-refractivity contribution in [2.24, 2.45) is 0 Å². The maximum atomic E-state index is 10.4. The molecule has 0 aromatic carbocycles. The van der Waals surface area contributed by atoms with Crippen LogP contribution in [0.25, 0.3) is 0 Å². The van der Waals surface area contributed by atoms with E-state index >= 15 is 0 Å². The fraction of sp³-hybridized carbons (Fsp3) is 0.846. The van der Waals surface area contributed by atoms with Gasteiger partial charge in [-0.3, -0.25) is 0 Å². The third-order valence-corrected chi connectivity index (χ3v) is 8.89. The Kier molecular flexibility index (Phi) is 5.38. The van der Waals surface area contributed by atoms with E-state index in [2.05, 4.69) is 32.2 Å². The number of aliphatic hydroxyl groups is 3. The molecule has 1 aliphatic rings. The van der Waals surface area contributed by atoms with Crippen LogP contribution in [-0.4, -0.2) is 54.4 Å². The van der Waals surface area contributed by atoms with E-state index in [9.17, 15) is 10.2 Å². The summed E-state index contributed by atoms with van der Waals surface area (Å²) in [4.78, 5) is 0. The van der Waals surface area contributed by atoms with Crippen LogP contribution >= 0.6 is 0 Å². The first kappa shape index (κ1) is 15.7. The van der Waals surface area contributed by atoms with Crippen LogP contribution in [0.5, 0.6) is 0 Å². The molecule has 18 heavy (non-hydrogen) atoms. The van der Waals surface area contributed by atoms with Crippen molar-refractivity contribution in [3.05, 3.63) is 0 Å². The fourth-order valence-corrected chi connectivity index (χ4v) is 4.78. The average Bonchev–Trinajstić information content (AvgIpc) is 2.68. The summed E-state index contributed by atoms with van der Waals surface area (Å²) in [5.41, 5.74) is 1.63. The molecule has 104 valence electrons. The number of aliphatic hydroxyl groups excluding tert-OH is 2. The minimum atomic E-state index is -1.67. The van der Waals surface area contributed by atoms with Crippen LogP contribution in [0, 0.1) is 11.5 Å². The fourth-order valence-electron chi connectivity index (χ4n) is 2.28. The Bertz CT molecular complexity index is 323. The van der Waals surface area contributed by atoms with Crippen LogP contribution in [0.4, 0.5) is 0 Å². The molecule has 0 spiro atoms. The van der Waals surface area contributed by atoms with Gasteiger partial charge in [0, 0.05) is 0 Å². The van der Waals surface area contributed by atoms with Crippen LogP contribution in [0.15, 0.2) is 0 Å². The first-order valence-corrected chi connectivity index (χ1v) is 9.27. The Morgan fingerprint density at radius 3 is 2.28 bits per heavy atom. The minimum Gasteiger partial charge on any atom is -0.394 e. The molecule has 0 radical (unpaired) electrons. The number of ether oxygens (including phenoxy) is 1. The molecule has 0 aromatic rings. The molecule has 1 saturated heterocycles. The molecule has 0 bridgehead atoms. The molecule has 3 atom stereocenters. The van der Waals surface area contributed by atoms with Gasteiger partial charge in [0.05, 0.1) is 13.2 Å². The highest BCUT2D eigenvalue weighted by Gasteiger charge is 2.49. The summed E-state index contributed by atoms with van der Waals surface area (Å²) in [7, 11) is -1.67. The van der Waals surface area contributed by atoms with Gasteiger partial charge in [-0.25, -0.2) is 0 Å². The van der Waals surface area contributed by atoms with Gasteiger partial charge in [0.25, 0.3) is 0 Å². The molecule has 4 nitrogen and oxygen atoms in total. The summed E-state index contributed by atoms with van der Waals surface area (Å²) in [5.74, 6) is 2.83. The van der Waals surface area contributed by atoms with Gasteiger partial charge in [-0.2, -0.15) is 0 Å². The van der Waals surface area contributed by atoms with E-state index in [-0.39, 0.29) is 13.2 Å². The lowest BCUT2D eigenvalue weighted by Gasteiger charge is -2.26. The van der Waals surface area contributed by atoms with Crippen LogP contribution in [0.2, 0.25) is 18.1 Å². The lowest BCUT2D eigenvalue weighted by Crippen LogP contribution is -2.48. The zero-order valence-electron chi connectivity index (χ0n) is 11.4. The predicted molar refractivity (Wildman–Crippen MR) is 72.8 cm³/mol. The lowest BCUT2D eigenvalue weighted by molar-refractivity contribution is -0.0515. The zero-order valence-corrected chi connectivity index (χ0v) is 12.4. The van der Waals surface area contributed by atoms with Gasteiger partial charge in [0.2, 0.25) is 0 Å². The van der Waals surface area contributed by atoms with E-state index in [4.69, 9.17) is 9.84 Å². The van der Waals surface area contributed by atoms with E-state index < -0.39 is 25.9 Å². The van der Waals surface area contributed by atoms with E-state index in [0.717, 1.165) is 18.1 Å². The Morgan fingerprint density at radius 1 is 1.28 bits per heavy atom. The molecule has 1 fully saturated rings. The Labute approximate surface area is 110 Å². The number of hydrogen-bond acceptors (Lipinski definition) is 4. The van der Waals surface area contributed by atoms with Crippen molar-refractivity contribution in [2.75, 3.05) is 13.2 Å². The quantitative estimate of drug-likeness (QED) is 0.515. The van der Waals surface area contributed by atoms with Crippen molar-refractivity contribution in [3.8, 4) is 11.5 Å². The molecule has 5 heteroatoms. The number of rotatable bonds is 4. The Morgan fingerprint density at radius 2 is 1.83 bits per heavy atom. The molecule has 1 rings (SSSR count). The normalized spacial score (nSPS) is 32.1. The summed E-state index contributed by atoms with van der Waals surface area (Å²) in [6.45, 7) is 6.08. The van der Waals surface area contributed by atoms with Crippen molar-refractivity contribution in [2.45, 2.75) is 56.7 Å². The second-order valence-electron chi connectivity index (χ2n) is 4.94. The summed E-state index contributed by atoms with van der Waals surface area (Å²) in [5, 5.41) is 29.3. The maximum absolute atomic E-state index is 10.4. The Balaban J connectivity index is 3.00. The molecular formula is C13H24O4Si. The Hall–Kier alpha value is -0.383. The van der Waals surface area contributed by atoms with Crippen molar-refractivity contribution in [1.82, 2.24) is 0 Å². The highest BCUT2D eigenvalue weighted by molar-refractivity contribution is 6.87. The van der Waals surface area contributed by atoms with Crippen LogP contribution < -0.4 is 0 Å². The molecule has 0 saturated carbocycles. The van der Waals surface area contributed by atoms with Gasteiger partial charge in [-0.1, -0.05) is 26.7 Å². The van der Waals surface area contributed by atoms with Gasteiger partial charge in [0.1, 0.15) is 20.3 Å². The van der Waals surface area contributed by atoms with Gasteiger partial charge in [0.15, 0.2) is 5.60 Å². The van der Waals surface area contributed by atoms with Gasteiger partial charge >= 0.3 is 0 Å². The smallest absolute Gasteiger partial charge is 0.181 e. The predicted octanol–water partition coefficient (Wildman–Crippen LogP) is 0.521. The third-order valence-electron chi connectivity index (χ3n) is 4.18. The van der Waals surface area contributed by atoms with E-state index in [1.54, 1.807) is 0 Å². The van der Waals surface area contributed by atoms with Crippen molar-refractivity contribution in [3.63, 3.8) is 0 Å². The summed E-state index contributed by atoms with van der Waals surface area (Å²) >= 11 is 0. The first-order valence-electron chi connectivity index (χ1n) is 6.65. The van der Waals surface area contributed by atoms with Crippen molar-refractivity contribution >= 4 is 8.07 Å². The lowest BCUT2D eigenvalue weighted by atomic mass is 9.95. The highest BCUT2D eigenvalue weighted by Crippen LogP contribution is 2.27. The molecule has 3 N–H and O–H groups in total. The average molecular weight is 272 g/mol. The van der Waals surface area contributed by atoms with Gasteiger partial charge in [-0.15, -0.1) is 5.54 Å². The molecular weight excluding hydrogens is 248 g/mol. The second-order valence-corrected chi connectivity index (χ2v) is 9.87. The second kappa shape index (κ2) is 6.18. The van der Waals surface area contributed by atoms with Crippen molar-refractivity contribution < 1.29 is 20.1 Å². The monoisotopic (exact) mass is 272 g/mol. The summed E-state index contributed by atoms with van der Waals surface area (Å²) in [6, 6.07) is 3.09.